The van der Waals surface area contributed by atoms with E-state index in [-0.39, 0.29) is 0 Å². The Morgan fingerprint density at radius 1 is 1.21 bits per heavy atom. The molecule has 0 aliphatic rings. The molecule has 0 aliphatic heterocycles. The Morgan fingerprint density at radius 3 is 2.68 bits per heavy atom. The maximum absolute atomic E-state index is 3.45. The van der Waals surface area contributed by atoms with Gasteiger partial charge in [0, 0.05) is 33.5 Å². The van der Waals surface area contributed by atoms with Gasteiger partial charge in [0.25, 0.3) is 0 Å². The Bertz CT molecular complexity index is 753. The van der Waals surface area contributed by atoms with E-state index in [1.807, 2.05) is 11.8 Å². The zero-order valence-electron chi connectivity index (χ0n) is 11.8. The molecule has 97 valence electrons. The predicted molar refractivity (Wildman–Crippen MR) is 85.0 cm³/mol. The molecule has 0 spiro atoms. The van der Waals surface area contributed by atoms with Gasteiger partial charge in [0.1, 0.15) is 0 Å². The van der Waals surface area contributed by atoms with E-state index in [1.165, 1.54) is 32.3 Å². The lowest BCUT2D eigenvalue weighted by Crippen LogP contribution is -1.93. The number of fused-ring (bicyclic) bond motifs is 3. The number of hydrogen-bond donors (Lipinski definition) is 0. The minimum absolute atomic E-state index is 0.570. The lowest BCUT2D eigenvalue weighted by Gasteiger charge is -2.09. The van der Waals surface area contributed by atoms with Crippen LogP contribution < -0.4 is 0 Å². The van der Waals surface area contributed by atoms with Crippen LogP contribution in [0, 0.1) is 13.0 Å². The Labute approximate surface area is 118 Å². The molecule has 3 rings (SSSR count). The van der Waals surface area contributed by atoms with E-state index in [2.05, 4.69) is 68.8 Å². The van der Waals surface area contributed by atoms with Crippen molar-refractivity contribution in [3.63, 3.8) is 0 Å². The van der Waals surface area contributed by atoms with Crippen LogP contribution in [-0.4, -0.2) is 9.82 Å². The number of aromatic nitrogens is 1. The normalized spacial score (nSPS) is 11.8. The molecule has 1 nitrogen and oxygen atoms in total. The van der Waals surface area contributed by atoms with Gasteiger partial charge in [0.05, 0.1) is 5.52 Å². The first-order chi connectivity index (χ1) is 9.09. The highest BCUT2D eigenvalue weighted by Gasteiger charge is 2.14. The summed E-state index contributed by atoms with van der Waals surface area (Å²) in [5, 5.41) is 3.29. The fraction of sp³-hybridized carbons (Fsp3) is 0.294. The second kappa shape index (κ2) is 4.61. The predicted octanol–water partition coefficient (Wildman–Crippen LogP) is 4.94. The Morgan fingerprint density at radius 2 is 1.95 bits per heavy atom. The summed E-state index contributed by atoms with van der Waals surface area (Å²) in [6.07, 6.45) is 0. The van der Waals surface area contributed by atoms with Crippen LogP contribution in [0.3, 0.4) is 0 Å². The quantitative estimate of drug-likeness (QED) is 0.596. The van der Waals surface area contributed by atoms with E-state index in [0.29, 0.717) is 5.25 Å². The molecule has 0 unspecified atom stereocenters. The van der Waals surface area contributed by atoms with Crippen molar-refractivity contribution in [1.29, 1.82) is 0 Å². The molecule has 0 N–H and O–H groups in total. The van der Waals surface area contributed by atoms with Crippen molar-refractivity contribution in [2.45, 2.75) is 30.9 Å². The third-order valence-electron chi connectivity index (χ3n) is 3.49. The van der Waals surface area contributed by atoms with Crippen LogP contribution in [0.2, 0.25) is 0 Å². The van der Waals surface area contributed by atoms with E-state index in [9.17, 15) is 0 Å². The zero-order chi connectivity index (χ0) is 13.6. The molecular weight excluding hydrogens is 250 g/mol. The van der Waals surface area contributed by atoms with Gasteiger partial charge in [-0.2, -0.15) is 0 Å². The van der Waals surface area contributed by atoms with Gasteiger partial charge in [-0.05, 0) is 30.7 Å². The molecule has 0 saturated heterocycles. The van der Waals surface area contributed by atoms with Crippen LogP contribution in [0.15, 0.2) is 35.2 Å². The highest BCUT2D eigenvalue weighted by atomic mass is 32.2. The first-order valence-electron chi connectivity index (χ1n) is 6.64. The fourth-order valence-corrected chi connectivity index (χ4v) is 3.65. The number of hydrogen-bond acceptors (Lipinski definition) is 1. The van der Waals surface area contributed by atoms with Gasteiger partial charge in [-0.3, -0.25) is 0 Å². The van der Waals surface area contributed by atoms with Gasteiger partial charge >= 0.3 is 0 Å². The fourth-order valence-electron chi connectivity index (χ4n) is 2.70. The summed E-state index contributed by atoms with van der Waals surface area (Å²) in [5.74, 6) is 0. The Kier molecular flexibility index (Phi) is 3.06. The van der Waals surface area contributed by atoms with E-state index in [0.717, 1.165) is 0 Å². The molecule has 2 heteroatoms. The maximum Gasteiger partial charge on any atom is 0.0636 e. The van der Waals surface area contributed by atoms with E-state index in [1.54, 1.807) is 0 Å². The van der Waals surface area contributed by atoms with Crippen LogP contribution >= 0.6 is 11.8 Å². The van der Waals surface area contributed by atoms with Crippen LogP contribution in [-0.2, 0) is 7.05 Å². The lowest BCUT2D eigenvalue weighted by atomic mass is 10.1. The van der Waals surface area contributed by atoms with Crippen molar-refractivity contribution < 1.29 is 0 Å². The Balaban J connectivity index is 2.46. The lowest BCUT2D eigenvalue weighted by molar-refractivity contribution is 0.998. The molecule has 19 heavy (non-hydrogen) atoms. The van der Waals surface area contributed by atoms with Crippen molar-refractivity contribution in [3.05, 3.63) is 42.0 Å². The SMILES string of the molecule is Cc1c[c]c(SC(C)C)c2c1c1ccccc1n2C. The molecule has 0 atom stereocenters. The second-order valence-corrected chi connectivity index (χ2v) is 6.85. The third kappa shape index (κ3) is 1.95. The average molecular weight is 268 g/mol. The molecular formula is C17H18NS. The van der Waals surface area contributed by atoms with Crippen LogP contribution in [0.1, 0.15) is 19.4 Å². The number of rotatable bonds is 2. The number of para-hydroxylation sites is 1. The minimum atomic E-state index is 0.570. The molecule has 1 aromatic heterocycles. The standard InChI is InChI=1S/C17H18NS/c1-11(2)19-15-10-9-12(3)16-13-7-5-6-8-14(13)18(4)17(15)16/h5-9,11H,1-4H3. The van der Waals surface area contributed by atoms with Gasteiger partial charge in [-0.1, -0.05) is 32.0 Å². The number of nitrogens with zero attached hydrogens (tertiary/aromatic N) is 1. The van der Waals surface area contributed by atoms with Crippen molar-refractivity contribution >= 4 is 33.6 Å². The number of thioether (sulfide) groups is 1. The first-order valence-corrected chi connectivity index (χ1v) is 7.52. The molecule has 3 aromatic rings. The van der Waals surface area contributed by atoms with Gasteiger partial charge in [0.2, 0.25) is 0 Å². The summed E-state index contributed by atoms with van der Waals surface area (Å²) in [7, 11) is 2.16. The molecule has 1 radical (unpaired) electrons. The van der Waals surface area contributed by atoms with Crippen LogP contribution in [0.25, 0.3) is 21.8 Å². The smallest absolute Gasteiger partial charge is 0.0636 e. The molecule has 0 saturated carbocycles. The topological polar surface area (TPSA) is 4.93 Å². The first kappa shape index (κ1) is 12.6. The number of aryl methyl sites for hydroxylation is 2. The van der Waals surface area contributed by atoms with Gasteiger partial charge in [0.15, 0.2) is 0 Å². The molecule has 0 amide bonds. The van der Waals surface area contributed by atoms with E-state index in [4.69, 9.17) is 0 Å². The maximum atomic E-state index is 3.45. The van der Waals surface area contributed by atoms with E-state index >= 15 is 0 Å². The third-order valence-corrected chi connectivity index (χ3v) is 4.51. The summed E-state index contributed by atoms with van der Waals surface area (Å²) in [4.78, 5) is 1.26. The molecule has 2 aromatic carbocycles. The summed E-state index contributed by atoms with van der Waals surface area (Å²) >= 11 is 1.89. The van der Waals surface area contributed by atoms with Gasteiger partial charge in [-0.15, -0.1) is 11.8 Å². The average Bonchev–Trinajstić information content (AvgIpc) is 2.68. The molecule has 0 aliphatic carbocycles. The summed E-state index contributed by atoms with van der Waals surface area (Å²) in [5.41, 5.74) is 3.92. The highest BCUT2D eigenvalue weighted by molar-refractivity contribution is 8.00. The highest BCUT2D eigenvalue weighted by Crippen LogP contribution is 2.37. The monoisotopic (exact) mass is 268 g/mol. The van der Waals surface area contributed by atoms with Crippen LogP contribution in [0.4, 0.5) is 0 Å². The largest absolute Gasteiger partial charge is 0.343 e. The molecule has 0 fully saturated rings. The second-order valence-electron chi connectivity index (χ2n) is 5.27. The van der Waals surface area contributed by atoms with Crippen molar-refractivity contribution in [2.24, 2.45) is 7.05 Å². The summed E-state index contributed by atoms with van der Waals surface area (Å²) < 4.78 is 2.30. The van der Waals surface area contributed by atoms with Gasteiger partial charge in [-0.25, -0.2) is 0 Å². The van der Waals surface area contributed by atoms with Crippen molar-refractivity contribution in [3.8, 4) is 0 Å². The van der Waals surface area contributed by atoms with Crippen molar-refractivity contribution in [1.82, 2.24) is 4.57 Å². The summed E-state index contributed by atoms with van der Waals surface area (Å²) in [6, 6.07) is 14.2. The number of benzene rings is 2. The van der Waals surface area contributed by atoms with E-state index < -0.39 is 0 Å². The van der Waals surface area contributed by atoms with Crippen molar-refractivity contribution in [2.75, 3.05) is 0 Å². The molecule has 1 heterocycles. The van der Waals surface area contributed by atoms with Crippen LogP contribution in [0.5, 0.6) is 0 Å². The minimum Gasteiger partial charge on any atom is -0.343 e. The zero-order valence-corrected chi connectivity index (χ0v) is 12.6. The van der Waals surface area contributed by atoms with Gasteiger partial charge < -0.3 is 4.57 Å². The molecule has 0 bridgehead atoms. The summed E-state index contributed by atoms with van der Waals surface area (Å²) in [6.45, 7) is 6.63. The Hall–Kier alpha value is -1.41.